The molecule has 0 aliphatic heterocycles. The quantitative estimate of drug-likeness (QED) is 0.401. The van der Waals surface area contributed by atoms with Gasteiger partial charge in [-0.15, -0.1) is 12.4 Å². The molecular weight excluding hydrogens is 198 g/mol. The van der Waals surface area contributed by atoms with Crippen LogP contribution < -0.4 is 5.73 Å². The Morgan fingerprint density at radius 1 is 1.31 bits per heavy atom. The van der Waals surface area contributed by atoms with Gasteiger partial charge in [0.1, 0.15) is 0 Å². The first-order chi connectivity index (χ1) is 5.52. The van der Waals surface area contributed by atoms with Crippen LogP contribution in [0.1, 0.15) is 10.4 Å². The third-order valence-electron chi connectivity index (χ3n) is 1.37. The van der Waals surface area contributed by atoms with Gasteiger partial charge in [-0.25, -0.2) is 4.79 Å². The number of phenols is 2. The van der Waals surface area contributed by atoms with Crippen LogP contribution in [0, 0.1) is 0 Å². The van der Waals surface area contributed by atoms with Gasteiger partial charge in [0.15, 0.2) is 11.5 Å². The lowest BCUT2D eigenvalue weighted by molar-refractivity contribution is 0.0696. The first kappa shape index (κ1) is 11.4. The van der Waals surface area contributed by atoms with Crippen LogP contribution in [0.5, 0.6) is 11.5 Å². The maximum absolute atomic E-state index is 10.4. The van der Waals surface area contributed by atoms with Gasteiger partial charge in [0.05, 0.1) is 11.3 Å². The molecule has 0 fully saturated rings. The van der Waals surface area contributed by atoms with Crippen molar-refractivity contribution < 1.29 is 20.1 Å². The molecule has 0 aromatic heterocycles. The number of carboxylic acids is 1. The minimum atomic E-state index is -1.21. The van der Waals surface area contributed by atoms with E-state index < -0.39 is 17.5 Å². The lowest BCUT2D eigenvalue weighted by Crippen LogP contribution is -1.97. The molecule has 1 aromatic carbocycles. The molecule has 5 nitrogen and oxygen atoms in total. The molecule has 0 bridgehead atoms. The first-order valence-corrected chi connectivity index (χ1v) is 3.07. The van der Waals surface area contributed by atoms with Crippen molar-refractivity contribution in [2.24, 2.45) is 0 Å². The topological polar surface area (TPSA) is 104 Å². The van der Waals surface area contributed by atoms with E-state index in [1.165, 1.54) is 0 Å². The summed E-state index contributed by atoms with van der Waals surface area (Å²) in [4.78, 5) is 10.4. The number of phenolic OH excluding ortho intramolecular Hbond substituents is 2. The van der Waals surface area contributed by atoms with Crippen LogP contribution in [0.2, 0.25) is 0 Å². The lowest BCUT2D eigenvalue weighted by Gasteiger charge is -2.02. The van der Waals surface area contributed by atoms with Gasteiger partial charge in [-0.3, -0.25) is 0 Å². The van der Waals surface area contributed by atoms with Crippen LogP contribution in [0.25, 0.3) is 0 Å². The summed E-state index contributed by atoms with van der Waals surface area (Å²) in [5.41, 5.74) is 4.86. The monoisotopic (exact) mass is 205 g/mol. The Balaban J connectivity index is 0.00000144. The average molecular weight is 206 g/mol. The van der Waals surface area contributed by atoms with Crippen LogP contribution in [0.4, 0.5) is 5.69 Å². The Morgan fingerprint density at radius 3 is 2.23 bits per heavy atom. The fraction of sp³-hybridized carbons (Fsp3) is 0. The van der Waals surface area contributed by atoms with Gasteiger partial charge in [0.25, 0.3) is 0 Å². The summed E-state index contributed by atoms with van der Waals surface area (Å²) in [6.07, 6.45) is 0. The molecule has 6 heteroatoms. The maximum Gasteiger partial charge on any atom is 0.335 e. The Morgan fingerprint density at radius 2 is 1.85 bits per heavy atom. The van der Waals surface area contributed by atoms with Gasteiger partial charge in [0, 0.05) is 0 Å². The number of carboxylic acid groups (broad SMARTS) is 1. The molecule has 72 valence electrons. The number of aromatic hydroxyl groups is 2. The normalized spacial score (nSPS) is 8.92. The molecule has 0 aliphatic rings. The van der Waals surface area contributed by atoms with E-state index in [4.69, 9.17) is 21.1 Å². The third-order valence-corrected chi connectivity index (χ3v) is 1.37. The number of aromatic carboxylic acids is 1. The second-order valence-electron chi connectivity index (χ2n) is 2.24. The molecule has 0 saturated carbocycles. The number of rotatable bonds is 1. The highest BCUT2D eigenvalue weighted by Gasteiger charge is 2.10. The Hall–Kier alpha value is -1.62. The lowest BCUT2D eigenvalue weighted by atomic mass is 10.2. The van der Waals surface area contributed by atoms with Crippen molar-refractivity contribution in [2.45, 2.75) is 0 Å². The van der Waals surface area contributed by atoms with Crippen LogP contribution in [-0.2, 0) is 0 Å². The van der Waals surface area contributed by atoms with Gasteiger partial charge in [-0.1, -0.05) is 0 Å². The van der Waals surface area contributed by atoms with Crippen molar-refractivity contribution in [1.29, 1.82) is 0 Å². The highest BCUT2D eigenvalue weighted by molar-refractivity contribution is 5.90. The molecular formula is C7H8ClNO4. The molecule has 0 atom stereocenters. The van der Waals surface area contributed by atoms with E-state index in [1.807, 2.05) is 0 Å². The van der Waals surface area contributed by atoms with E-state index >= 15 is 0 Å². The first-order valence-electron chi connectivity index (χ1n) is 3.07. The van der Waals surface area contributed by atoms with Crippen molar-refractivity contribution in [3.8, 4) is 11.5 Å². The highest BCUT2D eigenvalue weighted by atomic mass is 35.5. The van der Waals surface area contributed by atoms with Crippen LogP contribution in [0.15, 0.2) is 12.1 Å². The molecule has 0 saturated heterocycles. The molecule has 5 N–H and O–H groups in total. The second-order valence-corrected chi connectivity index (χ2v) is 2.24. The van der Waals surface area contributed by atoms with E-state index in [0.29, 0.717) is 0 Å². The van der Waals surface area contributed by atoms with Gasteiger partial charge < -0.3 is 21.1 Å². The minimum Gasteiger partial charge on any atom is -0.504 e. The fourth-order valence-corrected chi connectivity index (χ4v) is 0.765. The number of carbonyl (C=O) groups is 1. The van der Waals surface area contributed by atoms with Crippen LogP contribution >= 0.6 is 12.4 Å². The smallest absolute Gasteiger partial charge is 0.335 e. The summed E-state index contributed by atoms with van der Waals surface area (Å²) in [5.74, 6) is -2.25. The van der Waals surface area contributed by atoms with Crippen molar-refractivity contribution in [2.75, 3.05) is 5.73 Å². The van der Waals surface area contributed by atoms with E-state index in [0.717, 1.165) is 12.1 Å². The molecule has 0 aliphatic carbocycles. The molecule has 0 radical (unpaired) electrons. The Labute approximate surface area is 79.8 Å². The predicted octanol–water partition coefficient (Wildman–Crippen LogP) is 0.800. The average Bonchev–Trinajstić information content (AvgIpc) is 1.99. The number of anilines is 1. The minimum absolute atomic E-state index is 0. The molecule has 0 heterocycles. The summed E-state index contributed by atoms with van der Waals surface area (Å²) >= 11 is 0. The van der Waals surface area contributed by atoms with Crippen LogP contribution in [0.3, 0.4) is 0 Å². The maximum atomic E-state index is 10.4. The number of nitrogen functional groups attached to an aromatic ring is 1. The second kappa shape index (κ2) is 3.86. The van der Waals surface area contributed by atoms with Crippen molar-refractivity contribution in [3.63, 3.8) is 0 Å². The van der Waals surface area contributed by atoms with Crippen molar-refractivity contribution in [3.05, 3.63) is 17.7 Å². The summed E-state index contributed by atoms with van der Waals surface area (Å²) < 4.78 is 0. The molecule has 0 unspecified atom stereocenters. The zero-order valence-corrected chi connectivity index (χ0v) is 7.21. The predicted molar refractivity (Wildman–Crippen MR) is 48.4 cm³/mol. The van der Waals surface area contributed by atoms with Crippen molar-refractivity contribution >= 4 is 24.1 Å². The number of hydrogen-bond acceptors (Lipinski definition) is 4. The van der Waals surface area contributed by atoms with Crippen LogP contribution in [-0.4, -0.2) is 21.3 Å². The standard InChI is InChI=1S/C7H7NO4.ClH/c8-4-1-3(7(11)12)2-5(9)6(4)10;/h1-2,9-10H,8H2,(H,11,12);1H. The summed E-state index contributed by atoms with van der Waals surface area (Å²) in [6.45, 7) is 0. The number of hydrogen-bond donors (Lipinski definition) is 4. The Bertz CT molecular complexity index is 316. The highest BCUT2D eigenvalue weighted by Crippen LogP contribution is 2.32. The zero-order valence-electron chi connectivity index (χ0n) is 6.39. The van der Waals surface area contributed by atoms with Gasteiger partial charge in [-0.2, -0.15) is 0 Å². The van der Waals surface area contributed by atoms with E-state index in [9.17, 15) is 4.79 Å². The molecule has 1 rings (SSSR count). The summed E-state index contributed by atoms with van der Waals surface area (Å²) in [5, 5.41) is 26.4. The molecule has 0 amide bonds. The van der Waals surface area contributed by atoms with E-state index in [-0.39, 0.29) is 23.7 Å². The SMILES string of the molecule is Cl.Nc1cc(C(=O)O)cc(O)c1O. The molecule has 0 spiro atoms. The van der Waals surface area contributed by atoms with Gasteiger partial charge in [0.2, 0.25) is 0 Å². The Kier molecular flexibility index (Phi) is 3.38. The van der Waals surface area contributed by atoms with Gasteiger partial charge in [-0.05, 0) is 12.1 Å². The number of benzene rings is 1. The van der Waals surface area contributed by atoms with E-state index in [2.05, 4.69) is 0 Å². The summed E-state index contributed by atoms with van der Waals surface area (Å²) in [7, 11) is 0. The van der Waals surface area contributed by atoms with Gasteiger partial charge >= 0.3 is 5.97 Å². The molecule has 1 aromatic rings. The third kappa shape index (κ3) is 2.16. The zero-order chi connectivity index (χ0) is 9.30. The van der Waals surface area contributed by atoms with Crippen molar-refractivity contribution in [1.82, 2.24) is 0 Å². The fourth-order valence-electron chi connectivity index (χ4n) is 0.765. The molecule has 13 heavy (non-hydrogen) atoms. The number of halogens is 1. The summed E-state index contributed by atoms with van der Waals surface area (Å²) in [6, 6.07) is 1.99. The van der Waals surface area contributed by atoms with E-state index in [1.54, 1.807) is 0 Å². The number of nitrogens with two attached hydrogens (primary N) is 1. The largest absolute Gasteiger partial charge is 0.504 e.